The molecule has 0 aromatic carbocycles. The average Bonchev–Trinajstić information content (AvgIpc) is 3.07. The van der Waals surface area contributed by atoms with E-state index in [4.69, 9.17) is 9.05 Å². The third-order valence-corrected chi connectivity index (χ3v) is 10.7. The molecule has 0 saturated heterocycles. The van der Waals surface area contributed by atoms with Gasteiger partial charge in [-0.25, -0.2) is 0 Å². The van der Waals surface area contributed by atoms with E-state index in [0.717, 1.165) is 19.3 Å². The lowest BCUT2D eigenvalue weighted by Gasteiger charge is -2.29. The number of rotatable bonds is 39. The van der Waals surface area contributed by atoms with Gasteiger partial charge in [-0.15, -0.1) is 0 Å². The summed E-state index contributed by atoms with van der Waals surface area (Å²) in [5, 5.41) is 13.4. The second-order valence-corrected chi connectivity index (χ2v) is 17.5. The maximum absolute atomic E-state index is 12.2. The molecule has 0 fully saturated rings. The number of quaternary nitrogens is 1. The predicted octanol–water partition coefficient (Wildman–Crippen LogP) is 10.9. The first-order valence-corrected chi connectivity index (χ1v) is 23.0. The molecule has 1 amide bonds. The largest absolute Gasteiger partial charge is 0.756 e. The number of phosphoric ester groups is 1. The highest BCUT2D eigenvalue weighted by molar-refractivity contribution is 7.45. The third kappa shape index (κ3) is 37.4. The third-order valence-electron chi connectivity index (χ3n) is 9.72. The van der Waals surface area contributed by atoms with Gasteiger partial charge in [0.1, 0.15) is 13.2 Å². The highest BCUT2D eigenvalue weighted by Crippen LogP contribution is 2.38. The van der Waals surface area contributed by atoms with Crippen LogP contribution in [0, 0.1) is 0 Å². The van der Waals surface area contributed by atoms with Crippen molar-refractivity contribution in [3.8, 4) is 0 Å². The first-order chi connectivity index (χ1) is 24.5. The number of phosphoric acid groups is 1. The number of aliphatic hydroxyl groups is 1. The van der Waals surface area contributed by atoms with Crippen LogP contribution in [0.2, 0.25) is 0 Å². The molecule has 8 nitrogen and oxygen atoms in total. The van der Waals surface area contributed by atoms with Gasteiger partial charge in [-0.05, 0) is 19.3 Å². The minimum Gasteiger partial charge on any atom is -0.756 e. The topological polar surface area (TPSA) is 108 Å². The highest BCUT2D eigenvalue weighted by Gasteiger charge is 2.23. The number of hydrogen-bond acceptors (Lipinski definition) is 6. The zero-order chi connectivity index (χ0) is 37.9. The molecule has 0 saturated carbocycles. The summed E-state index contributed by atoms with van der Waals surface area (Å²) in [4.78, 5) is 24.4. The Bertz CT molecular complexity index is 850. The molecule has 0 aromatic heterocycles. The number of allylic oxidation sites excluding steroid dienone is 1. The summed E-state index contributed by atoms with van der Waals surface area (Å²) >= 11 is 0. The van der Waals surface area contributed by atoms with Crippen LogP contribution in [-0.4, -0.2) is 68.5 Å². The van der Waals surface area contributed by atoms with Gasteiger partial charge in [0.15, 0.2) is 0 Å². The first-order valence-electron chi connectivity index (χ1n) is 21.6. The van der Waals surface area contributed by atoms with Gasteiger partial charge in [0.25, 0.3) is 7.82 Å². The van der Waals surface area contributed by atoms with Gasteiger partial charge in [0.05, 0.1) is 39.9 Å². The van der Waals surface area contributed by atoms with Crippen LogP contribution in [0.25, 0.3) is 0 Å². The lowest BCUT2D eigenvalue weighted by molar-refractivity contribution is -0.870. The van der Waals surface area contributed by atoms with E-state index in [-0.39, 0.29) is 19.1 Å². The van der Waals surface area contributed by atoms with Crippen LogP contribution in [0.3, 0.4) is 0 Å². The lowest BCUT2D eigenvalue weighted by Crippen LogP contribution is -2.45. The molecule has 0 aliphatic heterocycles. The second kappa shape index (κ2) is 35.0. The monoisotopic (exact) mass is 745 g/mol. The number of amides is 1. The Labute approximate surface area is 316 Å². The number of unbranched alkanes of at least 4 members (excludes halogenated alkanes) is 26. The Morgan fingerprint density at radius 1 is 0.667 bits per heavy atom. The molecule has 0 spiro atoms. The molecule has 2 N–H and O–H groups in total. The molecule has 0 bridgehead atoms. The maximum atomic E-state index is 12.2. The Morgan fingerprint density at radius 3 is 1.43 bits per heavy atom. The van der Waals surface area contributed by atoms with Crippen LogP contribution < -0.4 is 10.2 Å². The van der Waals surface area contributed by atoms with Crippen molar-refractivity contribution >= 4 is 13.7 Å². The molecule has 0 radical (unpaired) electrons. The van der Waals surface area contributed by atoms with E-state index >= 15 is 0 Å². The fourth-order valence-electron chi connectivity index (χ4n) is 6.31. The quantitative estimate of drug-likeness (QED) is 0.0281. The van der Waals surface area contributed by atoms with Crippen LogP contribution in [0.4, 0.5) is 0 Å². The molecule has 0 rings (SSSR count). The Hall–Kier alpha value is -0.760. The molecule has 9 heteroatoms. The molecular weight excluding hydrogens is 659 g/mol. The van der Waals surface area contributed by atoms with Crippen LogP contribution >= 0.6 is 7.82 Å². The number of carbonyl (C=O) groups excluding carboxylic acids is 1. The van der Waals surface area contributed by atoms with E-state index < -0.39 is 20.0 Å². The Kier molecular flexibility index (Phi) is 34.5. The normalized spacial score (nSPS) is 14.6. The minimum absolute atomic E-state index is 0.000767. The molecule has 304 valence electrons. The van der Waals surface area contributed by atoms with Crippen LogP contribution in [0.1, 0.15) is 200 Å². The van der Waals surface area contributed by atoms with Gasteiger partial charge >= 0.3 is 0 Å². The van der Waals surface area contributed by atoms with Crippen molar-refractivity contribution in [2.24, 2.45) is 0 Å². The smallest absolute Gasteiger partial charge is 0.268 e. The van der Waals surface area contributed by atoms with Gasteiger partial charge in [-0.3, -0.25) is 9.36 Å². The summed E-state index contributed by atoms with van der Waals surface area (Å²) in [5.41, 5.74) is 0. The molecule has 3 atom stereocenters. The van der Waals surface area contributed by atoms with Crippen molar-refractivity contribution < 1.29 is 32.9 Å². The van der Waals surface area contributed by atoms with Gasteiger partial charge in [-0.2, -0.15) is 0 Å². The maximum Gasteiger partial charge on any atom is 0.268 e. The summed E-state index contributed by atoms with van der Waals surface area (Å²) in [5.74, 6) is -0.249. The van der Waals surface area contributed by atoms with E-state index in [1.54, 1.807) is 6.08 Å². The van der Waals surface area contributed by atoms with Gasteiger partial charge < -0.3 is 28.8 Å². The summed E-state index contributed by atoms with van der Waals surface area (Å²) < 4.78 is 22.8. The van der Waals surface area contributed by atoms with Crippen molar-refractivity contribution in [3.63, 3.8) is 0 Å². The van der Waals surface area contributed by atoms with Crippen LogP contribution in [0.15, 0.2) is 12.2 Å². The van der Waals surface area contributed by atoms with Crippen LogP contribution in [-0.2, 0) is 18.4 Å². The second-order valence-electron chi connectivity index (χ2n) is 16.1. The number of carbonyl (C=O) groups is 1. The summed E-state index contributed by atoms with van der Waals surface area (Å²) in [6.07, 6.45) is 40.2. The van der Waals surface area contributed by atoms with Gasteiger partial charge in [0.2, 0.25) is 5.91 Å². The van der Waals surface area contributed by atoms with Gasteiger partial charge in [-0.1, -0.05) is 187 Å². The van der Waals surface area contributed by atoms with Crippen molar-refractivity contribution in [1.82, 2.24) is 5.32 Å². The fraction of sp³-hybridized carbons (Fsp3) is 0.929. The predicted molar refractivity (Wildman–Crippen MR) is 215 cm³/mol. The summed E-state index contributed by atoms with van der Waals surface area (Å²) in [7, 11) is 1.26. The molecule has 51 heavy (non-hydrogen) atoms. The molecule has 3 unspecified atom stereocenters. The molecular formula is C42H85N2O6P. The highest BCUT2D eigenvalue weighted by atomic mass is 31.2. The number of nitrogens with one attached hydrogen (secondary N) is 1. The van der Waals surface area contributed by atoms with Crippen molar-refractivity contribution in [2.75, 3.05) is 40.9 Å². The molecule has 0 aliphatic rings. The molecule has 0 heterocycles. The average molecular weight is 745 g/mol. The number of likely N-dealkylation sites (N-methyl/N-ethyl adjacent to an activating group) is 1. The van der Waals surface area contributed by atoms with Crippen molar-refractivity contribution in [1.29, 1.82) is 0 Å². The van der Waals surface area contributed by atoms with Crippen molar-refractivity contribution in [2.45, 2.75) is 212 Å². The van der Waals surface area contributed by atoms with Crippen molar-refractivity contribution in [3.05, 3.63) is 12.2 Å². The van der Waals surface area contributed by atoms with Gasteiger partial charge in [0, 0.05) is 6.42 Å². The first kappa shape index (κ1) is 50.2. The zero-order valence-corrected chi connectivity index (χ0v) is 35.2. The van der Waals surface area contributed by atoms with Crippen LogP contribution in [0.5, 0.6) is 0 Å². The summed E-state index contributed by atoms with van der Waals surface area (Å²) in [6.45, 7) is 4.29. The Balaban J connectivity index is 3.76. The summed E-state index contributed by atoms with van der Waals surface area (Å²) in [6, 6.07) is -0.876. The number of nitrogens with zero attached hydrogens (tertiary/aromatic N) is 1. The Morgan fingerprint density at radius 2 is 1.06 bits per heavy atom. The lowest BCUT2D eigenvalue weighted by atomic mass is 10.0. The number of aliphatic hydroxyl groups excluding tert-OH is 1. The van der Waals surface area contributed by atoms with E-state index in [9.17, 15) is 19.4 Å². The SMILES string of the molecule is CCCCCCCCCCCCCCCCCCCCCCCCCCCC/C=C/C(O)C(COP(=O)([O-])OCC[N+](C)(C)C)NC(=O)CCC. The fourth-order valence-corrected chi connectivity index (χ4v) is 7.04. The number of hydrogen-bond donors (Lipinski definition) is 2. The van der Waals surface area contributed by atoms with E-state index in [1.165, 1.54) is 154 Å². The standard InChI is InChI=1S/C42H85N2O6P/c1-6-8-9-10-11-12-13-14-15-16-17-18-19-20-21-22-23-24-25-26-27-28-29-30-31-32-33-34-36-41(45)40(43-42(46)35-7-2)39-50-51(47,48)49-38-37-44(3,4)5/h34,36,40-41,45H,6-33,35,37-39H2,1-5H3,(H-,43,46,47,48)/b36-34+. The van der Waals surface area contributed by atoms with E-state index in [0.29, 0.717) is 23.9 Å². The zero-order valence-electron chi connectivity index (χ0n) is 34.3. The van der Waals surface area contributed by atoms with E-state index in [2.05, 4.69) is 12.2 Å². The minimum atomic E-state index is -4.55. The molecule has 0 aliphatic carbocycles. The molecule has 0 aromatic rings. The van der Waals surface area contributed by atoms with E-state index in [1.807, 2.05) is 34.1 Å².